The lowest BCUT2D eigenvalue weighted by atomic mass is 10.1. The molecule has 132 valence electrons. The minimum Gasteiger partial charge on any atom is -0.459 e. The summed E-state index contributed by atoms with van der Waals surface area (Å²) >= 11 is 0. The molecule has 1 heterocycles. The average molecular weight is 337 g/mol. The van der Waals surface area contributed by atoms with E-state index in [1.165, 1.54) is 0 Å². The Labute approximate surface area is 140 Å². The van der Waals surface area contributed by atoms with Crippen molar-refractivity contribution >= 4 is 12.1 Å². The number of amides is 1. The molecule has 0 aromatic heterocycles. The number of ether oxygens (including phenoxy) is 2. The molecule has 2 rings (SSSR count). The summed E-state index contributed by atoms with van der Waals surface area (Å²) < 4.78 is 10.4. The first-order valence-corrected chi connectivity index (χ1v) is 7.75. The monoisotopic (exact) mass is 337 g/mol. The Morgan fingerprint density at radius 3 is 2.42 bits per heavy atom. The van der Waals surface area contributed by atoms with E-state index in [1.54, 1.807) is 32.9 Å². The van der Waals surface area contributed by atoms with Gasteiger partial charge in [-0.2, -0.15) is 0 Å². The van der Waals surface area contributed by atoms with Crippen LogP contribution in [0.3, 0.4) is 0 Å². The molecule has 2 N–H and O–H groups in total. The van der Waals surface area contributed by atoms with Crippen molar-refractivity contribution in [1.82, 2.24) is 4.90 Å². The molecule has 3 atom stereocenters. The third-order valence-corrected chi connectivity index (χ3v) is 3.53. The average Bonchev–Trinajstić information content (AvgIpc) is 2.80. The van der Waals surface area contributed by atoms with E-state index in [0.29, 0.717) is 0 Å². The van der Waals surface area contributed by atoms with Crippen LogP contribution in [0.4, 0.5) is 4.79 Å². The minimum atomic E-state index is -1.42. The van der Waals surface area contributed by atoms with Crippen LogP contribution in [0.25, 0.3) is 0 Å². The molecule has 0 radical (unpaired) electrons. The summed E-state index contributed by atoms with van der Waals surface area (Å²) in [5.41, 5.74) is 0.0244. The van der Waals surface area contributed by atoms with Crippen LogP contribution in [0.5, 0.6) is 0 Å². The van der Waals surface area contributed by atoms with Gasteiger partial charge < -0.3 is 19.7 Å². The van der Waals surface area contributed by atoms with Gasteiger partial charge in [0, 0.05) is 0 Å². The van der Waals surface area contributed by atoms with Crippen molar-refractivity contribution in [2.45, 2.75) is 51.2 Å². The fourth-order valence-corrected chi connectivity index (χ4v) is 2.41. The van der Waals surface area contributed by atoms with Crippen molar-refractivity contribution < 1.29 is 29.3 Å². The second-order valence-corrected chi connectivity index (χ2v) is 6.73. The lowest BCUT2D eigenvalue weighted by molar-refractivity contribution is -0.153. The summed E-state index contributed by atoms with van der Waals surface area (Å²) in [6, 6.07) is 7.75. The molecule has 0 spiro atoms. The SMILES string of the molecule is CC(C)(C)OC(=O)N1C[C@H](O)[C@H](O)[C@H]1C(=O)OCc1ccccc1. The molecule has 7 heteroatoms. The number of nitrogens with zero attached hydrogens (tertiary/aromatic N) is 1. The fraction of sp³-hybridized carbons (Fsp3) is 0.529. The van der Waals surface area contributed by atoms with Crippen molar-refractivity contribution in [3.63, 3.8) is 0 Å². The second-order valence-electron chi connectivity index (χ2n) is 6.73. The van der Waals surface area contributed by atoms with Crippen LogP contribution < -0.4 is 0 Å². The van der Waals surface area contributed by atoms with E-state index < -0.39 is 35.9 Å². The van der Waals surface area contributed by atoms with E-state index in [-0.39, 0.29) is 13.2 Å². The second kappa shape index (κ2) is 7.19. The summed E-state index contributed by atoms with van der Waals surface area (Å²) in [7, 11) is 0. The van der Waals surface area contributed by atoms with Gasteiger partial charge in [0.2, 0.25) is 0 Å². The van der Waals surface area contributed by atoms with Gasteiger partial charge in [-0.15, -0.1) is 0 Å². The Morgan fingerprint density at radius 2 is 1.83 bits per heavy atom. The van der Waals surface area contributed by atoms with E-state index in [9.17, 15) is 19.8 Å². The molecule has 1 aromatic carbocycles. The van der Waals surface area contributed by atoms with Crippen LogP contribution in [0.2, 0.25) is 0 Å². The van der Waals surface area contributed by atoms with Crippen LogP contribution in [0, 0.1) is 0 Å². The largest absolute Gasteiger partial charge is 0.459 e. The first-order chi connectivity index (χ1) is 11.2. The minimum absolute atomic E-state index is 0.0150. The van der Waals surface area contributed by atoms with Gasteiger partial charge in [-0.05, 0) is 26.3 Å². The van der Waals surface area contributed by atoms with Crippen LogP contribution in [-0.4, -0.2) is 57.6 Å². The first kappa shape index (κ1) is 18.2. The number of aliphatic hydroxyl groups excluding tert-OH is 2. The molecule has 0 bridgehead atoms. The summed E-state index contributed by atoms with van der Waals surface area (Å²) in [6.07, 6.45) is -3.42. The van der Waals surface area contributed by atoms with Gasteiger partial charge >= 0.3 is 12.1 Å². The summed E-state index contributed by atoms with van der Waals surface area (Å²) in [6.45, 7) is 4.89. The van der Waals surface area contributed by atoms with E-state index in [0.717, 1.165) is 10.5 Å². The van der Waals surface area contributed by atoms with Gasteiger partial charge in [-0.1, -0.05) is 30.3 Å². The highest BCUT2D eigenvalue weighted by atomic mass is 16.6. The number of hydrogen-bond acceptors (Lipinski definition) is 6. The number of β-amino-alcohol motifs (C(OH)–C–C–N with tert-alkyl or cyclic N) is 1. The van der Waals surface area contributed by atoms with E-state index in [1.807, 2.05) is 18.2 Å². The predicted octanol–water partition coefficient (Wildman–Crippen LogP) is 1.07. The number of hydrogen-bond donors (Lipinski definition) is 2. The summed E-state index contributed by atoms with van der Waals surface area (Å²) in [5, 5.41) is 19.9. The molecular formula is C17H23NO6. The molecule has 1 aromatic rings. The fourth-order valence-electron chi connectivity index (χ4n) is 2.41. The molecule has 7 nitrogen and oxygen atoms in total. The Balaban J connectivity index is 2.06. The smallest absolute Gasteiger partial charge is 0.411 e. The van der Waals surface area contributed by atoms with Crippen LogP contribution in [0.15, 0.2) is 30.3 Å². The standard InChI is InChI=1S/C17H23NO6/c1-17(2,3)24-16(22)18-9-12(19)14(20)13(18)15(21)23-10-11-7-5-4-6-8-11/h4-8,12-14,19-20H,9-10H2,1-3H3/t12-,13-,14-/m0/s1. The molecule has 1 saturated heterocycles. The Hall–Kier alpha value is -2.12. The number of benzene rings is 1. The number of likely N-dealkylation sites (tertiary alicyclic amines) is 1. The molecule has 0 saturated carbocycles. The van der Waals surface area contributed by atoms with E-state index in [2.05, 4.69) is 0 Å². The maximum absolute atomic E-state index is 12.3. The van der Waals surface area contributed by atoms with Gasteiger partial charge in [0.1, 0.15) is 24.4 Å². The molecule has 1 fully saturated rings. The lowest BCUT2D eigenvalue weighted by Gasteiger charge is -2.28. The number of carbonyl (C=O) groups is 2. The quantitative estimate of drug-likeness (QED) is 0.801. The Bertz CT molecular complexity index is 582. The topological polar surface area (TPSA) is 96.3 Å². The third-order valence-electron chi connectivity index (χ3n) is 3.53. The van der Waals surface area contributed by atoms with Crippen molar-refractivity contribution in [2.24, 2.45) is 0 Å². The van der Waals surface area contributed by atoms with Crippen LogP contribution >= 0.6 is 0 Å². The van der Waals surface area contributed by atoms with Crippen molar-refractivity contribution in [2.75, 3.05) is 6.54 Å². The zero-order valence-electron chi connectivity index (χ0n) is 14.0. The maximum atomic E-state index is 12.3. The molecule has 0 aliphatic carbocycles. The number of esters is 1. The number of rotatable bonds is 3. The van der Waals surface area contributed by atoms with Crippen LogP contribution in [0.1, 0.15) is 26.3 Å². The molecule has 24 heavy (non-hydrogen) atoms. The van der Waals surface area contributed by atoms with Gasteiger partial charge in [-0.25, -0.2) is 9.59 Å². The molecule has 1 aliphatic rings. The third kappa shape index (κ3) is 4.46. The van der Waals surface area contributed by atoms with Gasteiger partial charge in [-0.3, -0.25) is 4.90 Å². The highest BCUT2D eigenvalue weighted by Gasteiger charge is 2.48. The van der Waals surface area contributed by atoms with E-state index >= 15 is 0 Å². The van der Waals surface area contributed by atoms with Gasteiger partial charge in [0.25, 0.3) is 0 Å². The van der Waals surface area contributed by atoms with E-state index in [4.69, 9.17) is 9.47 Å². The molecule has 0 unspecified atom stereocenters. The van der Waals surface area contributed by atoms with Crippen molar-refractivity contribution in [1.29, 1.82) is 0 Å². The van der Waals surface area contributed by atoms with Gasteiger partial charge in [0.05, 0.1) is 6.54 Å². The highest BCUT2D eigenvalue weighted by molar-refractivity contribution is 5.83. The number of carbonyl (C=O) groups excluding carboxylic acids is 2. The molecule has 1 amide bonds. The Morgan fingerprint density at radius 1 is 1.21 bits per heavy atom. The summed E-state index contributed by atoms with van der Waals surface area (Å²) in [5.74, 6) is -0.784. The zero-order valence-corrected chi connectivity index (χ0v) is 14.0. The van der Waals surface area contributed by atoms with Crippen molar-refractivity contribution in [3.8, 4) is 0 Å². The maximum Gasteiger partial charge on any atom is 0.411 e. The van der Waals surface area contributed by atoms with Crippen LogP contribution in [-0.2, 0) is 20.9 Å². The Kier molecular flexibility index (Phi) is 5.46. The molecular weight excluding hydrogens is 314 g/mol. The highest BCUT2D eigenvalue weighted by Crippen LogP contribution is 2.23. The van der Waals surface area contributed by atoms with Gasteiger partial charge in [0.15, 0.2) is 6.04 Å². The van der Waals surface area contributed by atoms with Crippen molar-refractivity contribution in [3.05, 3.63) is 35.9 Å². The summed E-state index contributed by atoms with van der Waals surface area (Å²) in [4.78, 5) is 25.5. The zero-order chi connectivity index (χ0) is 17.9. The molecule has 1 aliphatic heterocycles. The lowest BCUT2D eigenvalue weighted by Crippen LogP contribution is -2.47. The predicted molar refractivity (Wildman–Crippen MR) is 85.0 cm³/mol. The number of aliphatic hydroxyl groups is 2. The normalized spacial score (nSPS) is 23.9. The first-order valence-electron chi connectivity index (χ1n) is 7.75.